The highest BCUT2D eigenvalue weighted by atomic mass is 16.4. The number of carbonyl (C=O) groups is 1. The monoisotopic (exact) mass is 321 g/mol. The number of oxazole rings is 1. The number of hydrogen-bond donors (Lipinski definition) is 1. The van der Waals surface area contributed by atoms with E-state index in [-0.39, 0.29) is 5.69 Å². The van der Waals surface area contributed by atoms with E-state index in [1.165, 1.54) is 12.3 Å². The Labute approximate surface area is 135 Å². The zero-order valence-electron chi connectivity index (χ0n) is 12.5. The maximum absolute atomic E-state index is 11.0. The van der Waals surface area contributed by atoms with Gasteiger partial charge in [-0.25, -0.2) is 19.4 Å². The molecule has 8 heteroatoms. The third kappa shape index (κ3) is 2.30. The molecule has 8 nitrogen and oxygen atoms in total. The molecule has 4 aromatic rings. The average Bonchev–Trinajstić information content (AvgIpc) is 3.20. The van der Waals surface area contributed by atoms with E-state index < -0.39 is 5.97 Å². The van der Waals surface area contributed by atoms with E-state index >= 15 is 0 Å². The fraction of sp³-hybridized carbons (Fsp3) is 0.0625. The first-order chi connectivity index (χ1) is 11.6. The molecule has 1 aromatic carbocycles. The van der Waals surface area contributed by atoms with Crippen LogP contribution in [-0.4, -0.2) is 36.0 Å². The van der Waals surface area contributed by atoms with Gasteiger partial charge in [0.15, 0.2) is 5.58 Å². The van der Waals surface area contributed by atoms with Crippen LogP contribution in [0, 0.1) is 0 Å². The topological polar surface area (TPSA) is 107 Å². The second-order valence-corrected chi connectivity index (χ2v) is 5.18. The van der Waals surface area contributed by atoms with Crippen molar-refractivity contribution in [1.29, 1.82) is 0 Å². The van der Waals surface area contributed by atoms with Crippen LogP contribution in [0.1, 0.15) is 10.5 Å². The third-order valence-electron chi connectivity index (χ3n) is 3.62. The van der Waals surface area contributed by atoms with Crippen molar-refractivity contribution in [2.24, 2.45) is 7.05 Å². The van der Waals surface area contributed by atoms with Crippen molar-refractivity contribution >= 4 is 17.1 Å². The maximum atomic E-state index is 11.0. The van der Waals surface area contributed by atoms with Crippen LogP contribution in [-0.2, 0) is 7.05 Å². The smallest absolute Gasteiger partial charge is 0.354 e. The minimum atomic E-state index is -1.10. The molecule has 0 radical (unpaired) electrons. The first-order valence-electron chi connectivity index (χ1n) is 7.07. The number of aromatic carboxylic acids is 1. The lowest BCUT2D eigenvalue weighted by Gasteiger charge is -1.99. The van der Waals surface area contributed by atoms with E-state index in [2.05, 4.69) is 20.3 Å². The molecule has 0 unspecified atom stereocenters. The molecule has 0 spiro atoms. The number of rotatable bonds is 3. The number of aryl methyl sites for hydroxylation is 1. The Hall–Kier alpha value is -3.55. The average molecular weight is 321 g/mol. The molecule has 24 heavy (non-hydrogen) atoms. The molecule has 0 bridgehead atoms. The summed E-state index contributed by atoms with van der Waals surface area (Å²) in [5.41, 5.74) is 3.54. The molecule has 3 aromatic heterocycles. The van der Waals surface area contributed by atoms with E-state index in [0.29, 0.717) is 22.6 Å². The molecular formula is C16H11N5O3. The predicted molar refractivity (Wildman–Crippen MR) is 84.2 cm³/mol. The summed E-state index contributed by atoms with van der Waals surface area (Å²) >= 11 is 0. The summed E-state index contributed by atoms with van der Waals surface area (Å²) < 4.78 is 7.39. The lowest BCUT2D eigenvalue weighted by molar-refractivity contribution is 0.0690. The van der Waals surface area contributed by atoms with Crippen molar-refractivity contribution in [2.45, 2.75) is 0 Å². The molecule has 0 aliphatic rings. The van der Waals surface area contributed by atoms with Gasteiger partial charge < -0.3 is 9.52 Å². The molecule has 0 saturated heterocycles. The number of aromatic nitrogens is 5. The fourth-order valence-corrected chi connectivity index (χ4v) is 2.44. The van der Waals surface area contributed by atoms with Crippen LogP contribution >= 0.6 is 0 Å². The number of pyridine rings is 1. The number of hydrogen-bond acceptors (Lipinski definition) is 6. The van der Waals surface area contributed by atoms with Gasteiger partial charge in [-0.2, -0.15) is 0 Å². The van der Waals surface area contributed by atoms with Gasteiger partial charge in [0.25, 0.3) is 0 Å². The Morgan fingerprint density at radius 1 is 1.21 bits per heavy atom. The van der Waals surface area contributed by atoms with Gasteiger partial charge in [-0.3, -0.25) is 0 Å². The van der Waals surface area contributed by atoms with Gasteiger partial charge in [0.05, 0.1) is 11.9 Å². The van der Waals surface area contributed by atoms with Crippen LogP contribution < -0.4 is 0 Å². The number of fused-ring (bicyclic) bond motifs is 1. The second kappa shape index (κ2) is 5.27. The van der Waals surface area contributed by atoms with Crippen molar-refractivity contribution in [3.63, 3.8) is 0 Å². The lowest BCUT2D eigenvalue weighted by atomic mass is 10.1. The van der Waals surface area contributed by atoms with Crippen LogP contribution in [0.5, 0.6) is 0 Å². The highest BCUT2D eigenvalue weighted by molar-refractivity contribution is 5.87. The summed E-state index contributed by atoms with van der Waals surface area (Å²) in [7, 11) is 1.81. The summed E-state index contributed by atoms with van der Waals surface area (Å²) in [6, 6.07) is 8.67. The quantitative estimate of drug-likeness (QED) is 0.617. The largest absolute Gasteiger partial charge is 0.477 e. The van der Waals surface area contributed by atoms with Crippen molar-refractivity contribution in [2.75, 3.05) is 0 Å². The SMILES string of the molecule is Cn1nncc1-c1ccc2oc(-c3ccnc(C(=O)O)c3)nc2c1. The van der Waals surface area contributed by atoms with Gasteiger partial charge in [0.1, 0.15) is 11.2 Å². The number of nitrogens with zero attached hydrogens (tertiary/aromatic N) is 5. The Morgan fingerprint density at radius 2 is 2.08 bits per heavy atom. The highest BCUT2D eigenvalue weighted by Gasteiger charge is 2.13. The van der Waals surface area contributed by atoms with Crippen LogP contribution in [0.3, 0.4) is 0 Å². The fourth-order valence-electron chi connectivity index (χ4n) is 2.44. The second-order valence-electron chi connectivity index (χ2n) is 5.18. The van der Waals surface area contributed by atoms with Crippen molar-refractivity contribution in [1.82, 2.24) is 25.0 Å². The van der Waals surface area contributed by atoms with Crippen LogP contribution in [0.2, 0.25) is 0 Å². The Balaban J connectivity index is 1.80. The molecule has 0 aliphatic heterocycles. The standard InChI is InChI=1S/C16H11N5O3/c1-21-13(8-18-20-21)9-2-3-14-11(6-9)19-15(24-14)10-4-5-17-12(7-10)16(22)23/h2-8H,1H3,(H,22,23). The van der Waals surface area contributed by atoms with Crippen LogP contribution in [0.4, 0.5) is 0 Å². The molecular weight excluding hydrogens is 310 g/mol. The molecule has 0 fully saturated rings. The Kier molecular flexibility index (Phi) is 3.09. The predicted octanol–water partition coefficient (Wildman–Crippen LogP) is 2.38. The molecule has 118 valence electrons. The molecule has 1 N–H and O–H groups in total. The summed E-state index contributed by atoms with van der Waals surface area (Å²) in [6.45, 7) is 0. The van der Waals surface area contributed by atoms with Crippen LogP contribution in [0.25, 0.3) is 33.8 Å². The van der Waals surface area contributed by atoms with E-state index in [9.17, 15) is 4.79 Å². The van der Waals surface area contributed by atoms with E-state index in [1.807, 2.05) is 25.2 Å². The van der Waals surface area contributed by atoms with Gasteiger partial charge in [-0.1, -0.05) is 5.21 Å². The number of carboxylic acid groups (broad SMARTS) is 1. The first kappa shape index (κ1) is 14.1. The molecule has 0 saturated carbocycles. The van der Waals surface area contributed by atoms with Crippen molar-refractivity contribution in [3.05, 3.63) is 48.4 Å². The summed E-state index contributed by atoms with van der Waals surface area (Å²) in [6.07, 6.45) is 3.09. The molecule has 0 amide bonds. The lowest BCUT2D eigenvalue weighted by Crippen LogP contribution is -1.99. The van der Waals surface area contributed by atoms with Crippen molar-refractivity contribution < 1.29 is 14.3 Å². The third-order valence-corrected chi connectivity index (χ3v) is 3.62. The summed E-state index contributed by atoms with van der Waals surface area (Å²) in [4.78, 5) is 19.3. The number of carboxylic acids is 1. The Bertz CT molecular complexity index is 1070. The molecule has 0 aliphatic carbocycles. The van der Waals surface area contributed by atoms with Gasteiger partial charge in [-0.05, 0) is 30.3 Å². The van der Waals surface area contributed by atoms with Gasteiger partial charge in [0.2, 0.25) is 5.89 Å². The van der Waals surface area contributed by atoms with Gasteiger partial charge in [0, 0.05) is 24.4 Å². The molecule has 0 atom stereocenters. The Morgan fingerprint density at radius 3 is 2.83 bits per heavy atom. The van der Waals surface area contributed by atoms with Gasteiger partial charge in [-0.15, -0.1) is 5.10 Å². The summed E-state index contributed by atoms with van der Waals surface area (Å²) in [5, 5.41) is 16.8. The first-order valence-corrected chi connectivity index (χ1v) is 7.07. The minimum Gasteiger partial charge on any atom is -0.477 e. The zero-order valence-corrected chi connectivity index (χ0v) is 12.5. The van der Waals surface area contributed by atoms with Crippen LogP contribution in [0.15, 0.2) is 47.1 Å². The van der Waals surface area contributed by atoms with E-state index in [4.69, 9.17) is 9.52 Å². The van der Waals surface area contributed by atoms with Crippen molar-refractivity contribution in [3.8, 4) is 22.7 Å². The highest BCUT2D eigenvalue weighted by Crippen LogP contribution is 2.28. The molecule has 3 heterocycles. The zero-order chi connectivity index (χ0) is 16.7. The normalized spacial score (nSPS) is 11.0. The summed E-state index contributed by atoms with van der Waals surface area (Å²) in [5.74, 6) is -0.755. The van der Waals surface area contributed by atoms with E-state index in [0.717, 1.165) is 11.3 Å². The van der Waals surface area contributed by atoms with E-state index in [1.54, 1.807) is 16.9 Å². The number of benzene rings is 1. The molecule has 4 rings (SSSR count). The minimum absolute atomic E-state index is 0.0589. The van der Waals surface area contributed by atoms with Gasteiger partial charge >= 0.3 is 5.97 Å². The maximum Gasteiger partial charge on any atom is 0.354 e.